The zero-order chi connectivity index (χ0) is 16.1. The van der Waals surface area contributed by atoms with E-state index in [0.29, 0.717) is 25.4 Å². The Labute approximate surface area is 130 Å². The number of benzene rings is 1. The maximum absolute atomic E-state index is 12.2. The average molecular weight is 305 g/mol. The Balaban J connectivity index is 1.92. The molecule has 1 saturated heterocycles. The van der Waals surface area contributed by atoms with E-state index in [1.54, 1.807) is 17.0 Å². The summed E-state index contributed by atoms with van der Waals surface area (Å²) < 4.78 is 5.47. The maximum atomic E-state index is 12.2. The molecule has 2 amide bonds. The number of nitrogens with zero attached hydrogens (tertiary/aromatic N) is 2. The van der Waals surface area contributed by atoms with E-state index in [1.165, 1.54) is 0 Å². The number of ether oxygens (including phenoxy) is 1. The largest absolute Gasteiger partial charge is 0.484 e. The zero-order valence-electron chi connectivity index (χ0n) is 13.1. The number of rotatable bonds is 5. The molecule has 2 rings (SSSR count). The highest BCUT2D eigenvalue weighted by molar-refractivity contribution is 5.83. The van der Waals surface area contributed by atoms with Crippen LogP contribution in [0.1, 0.15) is 13.8 Å². The van der Waals surface area contributed by atoms with Gasteiger partial charge < -0.3 is 15.4 Å². The molecule has 1 aliphatic rings. The van der Waals surface area contributed by atoms with Gasteiger partial charge in [0.25, 0.3) is 5.91 Å². The van der Waals surface area contributed by atoms with E-state index >= 15 is 0 Å². The highest BCUT2D eigenvalue weighted by Crippen LogP contribution is 2.14. The molecule has 0 aliphatic carbocycles. The first-order valence-electron chi connectivity index (χ1n) is 7.49. The van der Waals surface area contributed by atoms with E-state index < -0.39 is 11.9 Å². The molecule has 1 aliphatic heterocycles. The van der Waals surface area contributed by atoms with Crippen LogP contribution in [-0.4, -0.2) is 59.9 Å². The third-order valence-corrected chi connectivity index (χ3v) is 3.87. The van der Waals surface area contributed by atoms with Gasteiger partial charge in [-0.2, -0.15) is 0 Å². The van der Waals surface area contributed by atoms with Gasteiger partial charge in [-0.25, -0.2) is 0 Å². The van der Waals surface area contributed by atoms with Gasteiger partial charge in [-0.15, -0.1) is 0 Å². The molecule has 0 bridgehead atoms. The lowest BCUT2D eigenvalue weighted by molar-refractivity contribution is -0.139. The number of primary amides is 1. The highest BCUT2D eigenvalue weighted by atomic mass is 16.5. The Morgan fingerprint density at radius 3 is 2.55 bits per heavy atom. The molecule has 1 aromatic carbocycles. The van der Waals surface area contributed by atoms with Crippen LogP contribution in [0.5, 0.6) is 5.75 Å². The summed E-state index contributed by atoms with van der Waals surface area (Å²) in [5, 5.41) is 0. The molecular weight excluding hydrogens is 282 g/mol. The van der Waals surface area contributed by atoms with Gasteiger partial charge >= 0.3 is 0 Å². The molecule has 2 N–H and O–H groups in total. The molecule has 0 radical (unpaired) electrons. The van der Waals surface area contributed by atoms with Crippen LogP contribution in [0.3, 0.4) is 0 Å². The Hall–Kier alpha value is -2.08. The predicted octanol–water partition coefficient (Wildman–Crippen LogP) is 0.472. The van der Waals surface area contributed by atoms with Gasteiger partial charge in [0.2, 0.25) is 5.91 Å². The molecule has 0 spiro atoms. The number of nitrogens with two attached hydrogens (primary N) is 1. The van der Waals surface area contributed by atoms with Gasteiger partial charge in [0, 0.05) is 25.7 Å². The fourth-order valence-electron chi connectivity index (χ4n) is 2.65. The molecule has 1 aromatic rings. The summed E-state index contributed by atoms with van der Waals surface area (Å²) in [7, 11) is 0. The van der Waals surface area contributed by atoms with Crippen LogP contribution in [0, 0.1) is 0 Å². The number of para-hydroxylation sites is 1. The van der Waals surface area contributed by atoms with Crippen molar-refractivity contribution in [2.75, 3.05) is 26.2 Å². The minimum Gasteiger partial charge on any atom is -0.484 e. The SMILES string of the molecule is CC(C)N1CCN(C(=O)COc2ccccc2)C[C@H]1C(N)=O. The predicted molar refractivity (Wildman–Crippen MR) is 83.3 cm³/mol. The van der Waals surface area contributed by atoms with E-state index in [9.17, 15) is 9.59 Å². The smallest absolute Gasteiger partial charge is 0.260 e. The summed E-state index contributed by atoms with van der Waals surface area (Å²) in [5.74, 6) is 0.136. The van der Waals surface area contributed by atoms with Crippen LogP contribution >= 0.6 is 0 Å². The topological polar surface area (TPSA) is 75.9 Å². The second-order valence-electron chi connectivity index (χ2n) is 5.69. The minimum atomic E-state index is -0.436. The lowest BCUT2D eigenvalue weighted by Gasteiger charge is -2.41. The fraction of sp³-hybridized carbons (Fsp3) is 0.500. The van der Waals surface area contributed by atoms with E-state index in [2.05, 4.69) is 0 Å². The van der Waals surface area contributed by atoms with Crippen molar-refractivity contribution in [1.29, 1.82) is 0 Å². The Kier molecular flexibility index (Phi) is 5.38. The average Bonchev–Trinajstić information content (AvgIpc) is 2.52. The Morgan fingerprint density at radius 1 is 1.27 bits per heavy atom. The normalized spacial score (nSPS) is 19.2. The summed E-state index contributed by atoms with van der Waals surface area (Å²) in [6, 6.07) is 8.97. The van der Waals surface area contributed by atoms with Gasteiger partial charge in [-0.05, 0) is 26.0 Å². The number of carbonyl (C=O) groups is 2. The molecule has 22 heavy (non-hydrogen) atoms. The molecule has 1 fully saturated rings. The second kappa shape index (κ2) is 7.26. The molecular formula is C16H23N3O3. The van der Waals surface area contributed by atoms with E-state index in [4.69, 9.17) is 10.5 Å². The van der Waals surface area contributed by atoms with Crippen molar-refractivity contribution in [3.8, 4) is 5.75 Å². The number of hydrogen-bond acceptors (Lipinski definition) is 4. The van der Waals surface area contributed by atoms with Crippen LogP contribution in [0.25, 0.3) is 0 Å². The number of hydrogen-bond donors (Lipinski definition) is 1. The van der Waals surface area contributed by atoms with Crippen LogP contribution in [0.4, 0.5) is 0 Å². The molecule has 0 aromatic heterocycles. The Morgan fingerprint density at radius 2 is 1.95 bits per heavy atom. The summed E-state index contributed by atoms with van der Waals surface area (Å²) in [6.07, 6.45) is 0. The number of carbonyl (C=O) groups excluding carboxylic acids is 2. The lowest BCUT2D eigenvalue weighted by Crippen LogP contribution is -2.61. The third kappa shape index (κ3) is 3.98. The second-order valence-corrected chi connectivity index (χ2v) is 5.69. The number of amides is 2. The van der Waals surface area contributed by atoms with E-state index in [1.807, 2.05) is 36.9 Å². The van der Waals surface area contributed by atoms with Gasteiger partial charge in [0.05, 0.1) is 0 Å². The first kappa shape index (κ1) is 16.3. The third-order valence-electron chi connectivity index (χ3n) is 3.87. The molecule has 120 valence electrons. The molecule has 0 unspecified atom stereocenters. The van der Waals surface area contributed by atoms with Crippen molar-refractivity contribution in [2.45, 2.75) is 25.9 Å². The van der Waals surface area contributed by atoms with Crippen LogP contribution in [-0.2, 0) is 9.59 Å². The lowest BCUT2D eigenvalue weighted by atomic mass is 10.1. The maximum Gasteiger partial charge on any atom is 0.260 e. The highest BCUT2D eigenvalue weighted by Gasteiger charge is 2.34. The van der Waals surface area contributed by atoms with Crippen LogP contribution in [0.2, 0.25) is 0 Å². The van der Waals surface area contributed by atoms with Gasteiger partial charge in [-0.1, -0.05) is 18.2 Å². The standard InChI is InChI=1S/C16H23N3O3/c1-12(2)19-9-8-18(10-14(19)16(17)21)15(20)11-22-13-6-4-3-5-7-13/h3-7,12,14H,8-11H2,1-2H3,(H2,17,21)/t14-/m0/s1. The molecule has 6 nitrogen and oxygen atoms in total. The van der Waals surface area contributed by atoms with Crippen LogP contribution in [0.15, 0.2) is 30.3 Å². The summed E-state index contributed by atoms with van der Waals surface area (Å²) in [4.78, 5) is 27.6. The fourth-order valence-corrected chi connectivity index (χ4v) is 2.65. The molecule has 6 heteroatoms. The first-order valence-corrected chi connectivity index (χ1v) is 7.49. The molecule has 1 atom stereocenters. The van der Waals surface area contributed by atoms with Crippen molar-refractivity contribution in [1.82, 2.24) is 9.80 Å². The summed E-state index contributed by atoms with van der Waals surface area (Å²) in [5.41, 5.74) is 5.47. The van der Waals surface area contributed by atoms with Crippen molar-refractivity contribution < 1.29 is 14.3 Å². The summed E-state index contributed by atoms with van der Waals surface area (Å²) in [6.45, 7) is 5.56. The number of piperazine rings is 1. The van der Waals surface area contributed by atoms with Crippen molar-refractivity contribution >= 4 is 11.8 Å². The van der Waals surface area contributed by atoms with Gasteiger partial charge in [0.1, 0.15) is 11.8 Å². The molecule has 1 heterocycles. The summed E-state index contributed by atoms with van der Waals surface area (Å²) >= 11 is 0. The van der Waals surface area contributed by atoms with Gasteiger partial charge in [-0.3, -0.25) is 14.5 Å². The van der Waals surface area contributed by atoms with E-state index in [-0.39, 0.29) is 18.6 Å². The van der Waals surface area contributed by atoms with Crippen molar-refractivity contribution in [3.05, 3.63) is 30.3 Å². The minimum absolute atomic E-state index is 0.0306. The van der Waals surface area contributed by atoms with Crippen LogP contribution < -0.4 is 10.5 Å². The quantitative estimate of drug-likeness (QED) is 0.858. The molecule has 0 saturated carbocycles. The van der Waals surface area contributed by atoms with Crippen molar-refractivity contribution in [2.24, 2.45) is 5.73 Å². The van der Waals surface area contributed by atoms with Crippen molar-refractivity contribution in [3.63, 3.8) is 0 Å². The Bertz CT molecular complexity index is 519. The monoisotopic (exact) mass is 305 g/mol. The first-order chi connectivity index (χ1) is 10.5. The van der Waals surface area contributed by atoms with Gasteiger partial charge in [0.15, 0.2) is 6.61 Å². The van der Waals surface area contributed by atoms with E-state index in [0.717, 1.165) is 0 Å². The zero-order valence-corrected chi connectivity index (χ0v) is 13.1.